The molecule has 0 fully saturated rings. The van der Waals surface area contributed by atoms with E-state index in [-0.39, 0.29) is 0 Å². The Morgan fingerprint density at radius 2 is 1.59 bits per heavy atom. The van der Waals surface area contributed by atoms with E-state index in [0.717, 1.165) is 64.5 Å². The second-order valence-electron chi connectivity index (χ2n) is 9.01. The minimum atomic E-state index is -0.409. The SMILES string of the molecule is C=CC(=O)OCCCOC1=Cc2ccc(C#Cc3ccc(C#Cc4ccc(C#N)cc4)c(CC)c3)cc2CC1. The molecule has 0 atom stereocenters. The van der Waals surface area contributed by atoms with Crippen LogP contribution >= 0.6 is 0 Å². The monoisotopic (exact) mass is 511 g/mol. The lowest BCUT2D eigenvalue weighted by Gasteiger charge is -2.17. The van der Waals surface area contributed by atoms with E-state index in [1.807, 2.05) is 30.3 Å². The van der Waals surface area contributed by atoms with Crippen molar-refractivity contribution in [2.75, 3.05) is 13.2 Å². The molecule has 0 aliphatic heterocycles. The van der Waals surface area contributed by atoms with Gasteiger partial charge >= 0.3 is 5.97 Å². The number of nitriles is 1. The van der Waals surface area contributed by atoms with Gasteiger partial charge in [0.25, 0.3) is 0 Å². The van der Waals surface area contributed by atoms with Gasteiger partial charge in [-0.15, -0.1) is 0 Å². The molecule has 4 nitrogen and oxygen atoms in total. The third kappa shape index (κ3) is 7.75. The number of hydrogen-bond acceptors (Lipinski definition) is 4. The van der Waals surface area contributed by atoms with Gasteiger partial charge in [-0.3, -0.25) is 0 Å². The Balaban J connectivity index is 1.39. The molecular weight excluding hydrogens is 482 g/mol. The summed E-state index contributed by atoms with van der Waals surface area (Å²) < 4.78 is 10.8. The second kappa shape index (κ2) is 13.5. The van der Waals surface area contributed by atoms with Gasteiger partial charge in [0.2, 0.25) is 0 Å². The van der Waals surface area contributed by atoms with Crippen molar-refractivity contribution in [1.82, 2.24) is 0 Å². The molecule has 0 N–H and O–H groups in total. The predicted molar refractivity (Wildman–Crippen MR) is 153 cm³/mol. The summed E-state index contributed by atoms with van der Waals surface area (Å²) in [6, 6.07) is 21.9. The summed E-state index contributed by atoms with van der Waals surface area (Å²) >= 11 is 0. The molecule has 0 saturated carbocycles. The van der Waals surface area contributed by atoms with Crippen molar-refractivity contribution in [2.45, 2.75) is 32.6 Å². The zero-order chi connectivity index (χ0) is 27.5. The van der Waals surface area contributed by atoms with Crippen molar-refractivity contribution >= 4 is 12.0 Å². The van der Waals surface area contributed by atoms with E-state index in [9.17, 15) is 4.79 Å². The molecule has 0 heterocycles. The summed E-state index contributed by atoms with van der Waals surface area (Å²) in [4.78, 5) is 11.1. The van der Waals surface area contributed by atoms with E-state index in [0.29, 0.717) is 25.2 Å². The Kier molecular flexibility index (Phi) is 9.39. The average molecular weight is 512 g/mol. The van der Waals surface area contributed by atoms with Crippen molar-refractivity contribution in [2.24, 2.45) is 0 Å². The largest absolute Gasteiger partial charge is 0.498 e. The summed E-state index contributed by atoms with van der Waals surface area (Å²) in [5.74, 6) is 13.6. The third-order valence-electron chi connectivity index (χ3n) is 6.28. The van der Waals surface area contributed by atoms with E-state index in [2.05, 4.69) is 67.5 Å². The molecule has 0 bridgehead atoms. The fraction of sp³-hybridized carbons (Fsp3) is 0.200. The van der Waals surface area contributed by atoms with Crippen molar-refractivity contribution in [1.29, 1.82) is 5.26 Å². The number of hydrogen-bond donors (Lipinski definition) is 0. The quantitative estimate of drug-likeness (QED) is 0.161. The molecule has 39 heavy (non-hydrogen) atoms. The van der Waals surface area contributed by atoms with Gasteiger partial charge in [-0.1, -0.05) is 43.3 Å². The summed E-state index contributed by atoms with van der Waals surface area (Å²) in [6.45, 7) is 6.33. The highest BCUT2D eigenvalue weighted by Crippen LogP contribution is 2.25. The van der Waals surface area contributed by atoms with Crippen molar-refractivity contribution in [3.05, 3.63) is 124 Å². The smallest absolute Gasteiger partial charge is 0.330 e. The van der Waals surface area contributed by atoms with Crippen molar-refractivity contribution in [3.63, 3.8) is 0 Å². The molecule has 0 radical (unpaired) electrons. The van der Waals surface area contributed by atoms with E-state index in [4.69, 9.17) is 14.7 Å². The van der Waals surface area contributed by atoms with Crippen LogP contribution in [0.25, 0.3) is 6.08 Å². The standard InChI is InChI=1S/C35H29NO3/c1-3-30-22-27(13-16-31(30)15-12-26-6-10-29(25-36)11-7-26)8-9-28-14-17-33-24-34(19-18-32(33)23-28)38-20-5-21-39-35(37)4-2/h4,6-7,10-11,13-14,16-17,22-24H,2-3,5,18-21H2,1H3. The molecule has 0 unspecified atom stereocenters. The highest BCUT2D eigenvalue weighted by Gasteiger charge is 2.12. The molecule has 0 aromatic heterocycles. The molecule has 3 aromatic rings. The van der Waals surface area contributed by atoms with Crippen LogP contribution in [0.4, 0.5) is 0 Å². The van der Waals surface area contributed by atoms with Gasteiger partial charge < -0.3 is 9.47 Å². The van der Waals surface area contributed by atoms with E-state index in [1.54, 1.807) is 12.1 Å². The third-order valence-corrected chi connectivity index (χ3v) is 6.28. The lowest BCUT2D eigenvalue weighted by atomic mass is 9.94. The topological polar surface area (TPSA) is 59.3 Å². The summed E-state index contributed by atoms with van der Waals surface area (Å²) in [6.07, 6.45) is 6.48. The minimum absolute atomic E-state index is 0.325. The van der Waals surface area contributed by atoms with Crippen LogP contribution in [0.2, 0.25) is 0 Å². The highest BCUT2D eigenvalue weighted by atomic mass is 16.5. The average Bonchev–Trinajstić information content (AvgIpc) is 2.98. The van der Waals surface area contributed by atoms with E-state index >= 15 is 0 Å². The van der Waals surface area contributed by atoms with Gasteiger partial charge in [-0.25, -0.2) is 4.79 Å². The summed E-state index contributed by atoms with van der Waals surface area (Å²) in [5, 5.41) is 8.95. The molecule has 192 valence electrons. The molecule has 0 amide bonds. The number of ether oxygens (including phenoxy) is 2. The first-order chi connectivity index (χ1) is 19.1. The first-order valence-electron chi connectivity index (χ1n) is 13.0. The number of fused-ring (bicyclic) bond motifs is 1. The first-order valence-corrected chi connectivity index (χ1v) is 13.0. The number of esters is 1. The van der Waals surface area contributed by atoms with Crippen LogP contribution in [0.3, 0.4) is 0 Å². The fourth-order valence-corrected chi connectivity index (χ4v) is 4.15. The maximum atomic E-state index is 11.1. The lowest BCUT2D eigenvalue weighted by molar-refractivity contribution is -0.138. The van der Waals surface area contributed by atoms with E-state index in [1.165, 1.54) is 5.56 Å². The van der Waals surface area contributed by atoms with Crippen LogP contribution in [-0.4, -0.2) is 19.2 Å². The molecular formula is C35H29NO3. The van der Waals surface area contributed by atoms with Gasteiger partial charge in [0.05, 0.1) is 30.6 Å². The predicted octanol–water partition coefficient (Wildman–Crippen LogP) is 6.34. The Morgan fingerprint density at radius 1 is 0.897 bits per heavy atom. The Hall–Kier alpha value is -4.98. The molecule has 0 spiro atoms. The Morgan fingerprint density at radius 3 is 2.33 bits per heavy atom. The summed E-state index contributed by atoms with van der Waals surface area (Å²) in [5.41, 5.74) is 8.02. The first kappa shape index (κ1) is 27.1. The zero-order valence-electron chi connectivity index (χ0n) is 22.0. The molecule has 0 saturated heterocycles. The molecule has 1 aliphatic carbocycles. The van der Waals surface area contributed by atoms with Gasteiger partial charge in [0.15, 0.2) is 0 Å². The van der Waals surface area contributed by atoms with Crippen molar-refractivity contribution < 1.29 is 14.3 Å². The normalized spacial score (nSPS) is 11.3. The number of benzene rings is 3. The van der Waals surface area contributed by atoms with Crippen LogP contribution in [0.15, 0.2) is 79.1 Å². The van der Waals surface area contributed by atoms with Crippen LogP contribution in [-0.2, 0) is 27.1 Å². The Bertz CT molecular complexity index is 1560. The lowest BCUT2D eigenvalue weighted by Crippen LogP contribution is -2.07. The minimum Gasteiger partial charge on any atom is -0.498 e. The fourth-order valence-electron chi connectivity index (χ4n) is 4.15. The molecule has 4 rings (SSSR count). The van der Waals surface area contributed by atoms with Crippen LogP contribution in [0.5, 0.6) is 0 Å². The van der Waals surface area contributed by atoms with E-state index < -0.39 is 5.97 Å². The number of carbonyl (C=O) groups excluding carboxylic acids is 1. The number of aryl methyl sites for hydroxylation is 2. The maximum Gasteiger partial charge on any atom is 0.330 e. The van der Waals surface area contributed by atoms with Crippen LogP contribution < -0.4 is 0 Å². The van der Waals surface area contributed by atoms with Gasteiger partial charge in [-0.2, -0.15) is 5.26 Å². The van der Waals surface area contributed by atoms with Crippen LogP contribution in [0, 0.1) is 35.0 Å². The highest BCUT2D eigenvalue weighted by molar-refractivity contribution is 5.81. The number of carbonyl (C=O) groups is 1. The molecule has 1 aliphatic rings. The van der Waals surface area contributed by atoms with Gasteiger partial charge in [0.1, 0.15) is 0 Å². The number of rotatable bonds is 7. The number of allylic oxidation sites excluding steroid dienone is 1. The second-order valence-corrected chi connectivity index (χ2v) is 9.01. The molecule has 4 heteroatoms. The molecule has 3 aromatic carbocycles. The zero-order valence-corrected chi connectivity index (χ0v) is 22.0. The van der Waals surface area contributed by atoms with Gasteiger partial charge in [0, 0.05) is 41.2 Å². The Labute approximate surface area is 230 Å². The van der Waals surface area contributed by atoms with Crippen molar-refractivity contribution in [3.8, 4) is 29.8 Å². The van der Waals surface area contributed by atoms with Gasteiger partial charge in [-0.05, 0) is 90.2 Å². The van der Waals surface area contributed by atoms with Crippen LogP contribution in [0.1, 0.15) is 64.3 Å². The summed E-state index contributed by atoms with van der Waals surface area (Å²) in [7, 11) is 0. The number of nitrogens with zero attached hydrogens (tertiary/aromatic N) is 1. The maximum absolute atomic E-state index is 11.1.